The Balaban J connectivity index is 2.74. The van der Waals surface area contributed by atoms with E-state index in [9.17, 15) is 0 Å². The summed E-state index contributed by atoms with van der Waals surface area (Å²) in [7, 11) is 0. The average molecular weight is 234 g/mol. The van der Waals surface area contributed by atoms with Gasteiger partial charge in [-0.3, -0.25) is 4.98 Å². The van der Waals surface area contributed by atoms with Crippen molar-refractivity contribution in [2.75, 3.05) is 6.54 Å². The second kappa shape index (κ2) is 7.12. The van der Waals surface area contributed by atoms with Crippen molar-refractivity contribution in [2.24, 2.45) is 0 Å². The molecule has 1 aromatic rings. The Kier molecular flexibility index (Phi) is 5.72. The molecule has 0 bridgehead atoms. The highest BCUT2D eigenvalue weighted by Gasteiger charge is 2.16. The Morgan fingerprint density at radius 2 is 2.44 bits per heavy atom. The van der Waals surface area contributed by atoms with Crippen LogP contribution in [0.25, 0.3) is 0 Å². The van der Waals surface area contributed by atoms with E-state index in [1.807, 2.05) is 30.5 Å². The molecule has 0 amide bonds. The molecule has 0 fully saturated rings. The van der Waals surface area contributed by atoms with Crippen molar-refractivity contribution >= 4 is 17.2 Å². The molecule has 0 spiro atoms. The molecule has 1 atom stereocenters. The Morgan fingerprint density at radius 1 is 1.62 bits per heavy atom. The number of aromatic nitrogens is 1. The highest BCUT2D eigenvalue weighted by atomic mass is 32.1. The number of thiocarbonyl (C=S) groups is 1. The predicted molar refractivity (Wildman–Crippen MR) is 72.7 cm³/mol. The molecular formula is C13H18N2S. The number of hydrogen-bond acceptors (Lipinski definition) is 2. The van der Waals surface area contributed by atoms with E-state index in [2.05, 4.69) is 23.8 Å². The minimum Gasteiger partial charge on any atom is -0.376 e. The Bertz CT molecular complexity index is 335. The quantitative estimate of drug-likeness (QED) is 0.605. The lowest BCUT2D eigenvalue weighted by molar-refractivity contribution is 0.715. The zero-order chi connectivity index (χ0) is 11.8. The molecule has 3 heteroatoms. The normalized spacial score (nSPS) is 11.8. The van der Waals surface area contributed by atoms with E-state index >= 15 is 0 Å². The fraction of sp³-hybridized carbons (Fsp3) is 0.385. The summed E-state index contributed by atoms with van der Waals surface area (Å²) in [4.78, 5) is 5.24. The molecule has 1 N–H and O–H groups in total. The lowest BCUT2D eigenvalue weighted by Crippen LogP contribution is -2.28. The lowest BCUT2D eigenvalue weighted by Gasteiger charge is -2.17. The van der Waals surface area contributed by atoms with Crippen LogP contribution in [0, 0.1) is 0 Å². The molecular weight excluding hydrogens is 216 g/mol. The van der Waals surface area contributed by atoms with Crippen LogP contribution in [0.15, 0.2) is 37.1 Å². The monoisotopic (exact) mass is 234 g/mol. The van der Waals surface area contributed by atoms with Crippen LogP contribution in [0.4, 0.5) is 0 Å². The van der Waals surface area contributed by atoms with Crippen molar-refractivity contribution < 1.29 is 0 Å². The molecule has 86 valence electrons. The average Bonchev–Trinajstić information content (AvgIpc) is 2.34. The van der Waals surface area contributed by atoms with E-state index in [1.54, 1.807) is 0 Å². The van der Waals surface area contributed by atoms with Crippen LogP contribution in [0.5, 0.6) is 0 Å². The second-order valence-corrected chi connectivity index (χ2v) is 4.07. The van der Waals surface area contributed by atoms with Gasteiger partial charge in [0, 0.05) is 12.7 Å². The number of hydrogen-bond donors (Lipinski definition) is 1. The van der Waals surface area contributed by atoms with Gasteiger partial charge in [-0.05, 0) is 18.6 Å². The highest BCUT2D eigenvalue weighted by Crippen LogP contribution is 2.20. The molecule has 16 heavy (non-hydrogen) atoms. The van der Waals surface area contributed by atoms with Gasteiger partial charge in [-0.15, -0.1) is 6.58 Å². The molecule has 0 aliphatic carbocycles. The van der Waals surface area contributed by atoms with Crippen LogP contribution < -0.4 is 5.32 Å². The SMILES string of the molecule is C=CCNC(=S)C(CCC)c1ccccn1. The number of pyridine rings is 1. The van der Waals surface area contributed by atoms with Crippen LogP contribution in [0.2, 0.25) is 0 Å². The molecule has 1 heterocycles. The van der Waals surface area contributed by atoms with E-state index < -0.39 is 0 Å². The zero-order valence-electron chi connectivity index (χ0n) is 9.65. The zero-order valence-corrected chi connectivity index (χ0v) is 10.5. The number of rotatable bonds is 6. The van der Waals surface area contributed by atoms with Gasteiger partial charge in [0.1, 0.15) is 0 Å². The van der Waals surface area contributed by atoms with E-state index in [4.69, 9.17) is 12.2 Å². The van der Waals surface area contributed by atoms with Gasteiger partial charge in [-0.2, -0.15) is 0 Å². The third-order valence-corrected chi connectivity index (χ3v) is 2.79. The largest absolute Gasteiger partial charge is 0.376 e. The first-order valence-electron chi connectivity index (χ1n) is 5.59. The molecule has 2 nitrogen and oxygen atoms in total. The summed E-state index contributed by atoms with van der Waals surface area (Å²) in [6.07, 6.45) is 5.75. The van der Waals surface area contributed by atoms with Gasteiger partial charge < -0.3 is 5.32 Å². The van der Waals surface area contributed by atoms with Gasteiger partial charge in [0.2, 0.25) is 0 Å². The summed E-state index contributed by atoms with van der Waals surface area (Å²) in [5.74, 6) is 0.223. The van der Waals surface area contributed by atoms with Gasteiger partial charge in [0.25, 0.3) is 0 Å². The Hall–Kier alpha value is -1.22. The van der Waals surface area contributed by atoms with Crippen LogP contribution >= 0.6 is 12.2 Å². The van der Waals surface area contributed by atoms with Crippen molar-refractivity contribution in [3.8, 4) is 0 Å². The first-order valence-corrected chi connectivity index (χ1v) is 6.00. The molecule has 0 aliphatic heterocycles. The van der Waals surface area contributed by atoms with Gasteiger partial charge >= 0.3 is 0 Å². The second-order valence-electron chi connectivity index (χ2n) is 3.63. The smallest absolute Gasteiger partial charge is 0.0847 e. The minimum absolute atomic E-state index is 0.223. The first-order chi connectivity index (χ1) is 7.79. The maximum atomic E-state index is 5.39. The fourth-order valence-electron chi connectivity index (χ4n) is 1.58. The molecule has 0 aromatic carbocycles. The van der Waals surface area contributed by atoms with E-state index in [0.717, 1.165) is 23.5 Å². The van der Waals surface area contributed by atoms with Crippen LogP contribution in [-0.4, -0.2) is 16.5 Å². The third-order valence-electron chi connectivity index (χ3n) is 2.36. The summed E-state index contributed by atoms with van der Waals surface area (Å²) >= 11 is 5.39. The predicted octanol–water partition coefficient (Wildman–Crippen LogP) is 3.07. The van der Waals surface area contributed by atoms with E-state index in [0.29, 0.717) is 6.54 Å². The molecule has 0 saturated carbocycles. The topological polar surface area (TPSA) is 24.9 Å². The van der Waals surface area contributed by atoms with Crippen molar-refractivity contribution in [1.82, 2.24) is 10.3 Å². The maximum absolute atomic E-state index is 5.39. The number of nitrogens with zero attached hydrogens (tertiary/aromatic N) is 1. The Morgan fingerprint density at radius 3 is 3.00 bits per heavy atom. The van der Waals surface area contributed by atoms with E-state index in [1.165, 1.54) is 0 Å². The fourth-order valence-corrected chi connectivity index (χ4v) is 1.90. The molecule has 1 aromatic heterocycles. The van der Waals surface area contributed by atoms with Crippen LogP contribution in [-0.2, 0) is 0 Å². The van der Waals surface area contributed by atoms with E-state index in [-0.39, 0.29) is 5.92 Å². The van der Waals surface area contributed by atoms with Gasteiger partial charge in [-0.1, -0.05) is 37.7 Å². The van der Waals surface area contributed by atoms with Crippen molar-refractivity contribution in [1.29, 1.82) is 0 Å². The van der Waals surface area contributed by atoms with Gasteiger partial charge in [0.05, 0.1) is 16.6 Å². The van der Waals surface area contributed by atoms with Gasteiger partial charge in [-0.25, -0.2) is 0 Å². The summed E-state index contributed by atoms with van der Waals surface area (Å²) in [6.45, 7) is 6.55. The molecule has 0 saturated heterocycles. The minimum atomic E-state index is 0.223. The maximum Gasteiger partial charge on any atom is 0.0847 e. The molecule has 1 rings (SSSR count). The third kappa shape index (κ3) is 3.74. The van der Waals surface area contributed by atoms with Crippen LogP contribution in [0.1, 0.15) is 31.4 Å². The molecule has 0 radical (unpaired) electrons. The van der Waals surface area contributed by atoms with Crippen molar-refractivity contribution in [2.45, 2.75) is 25.7 Å². The summed E-state index contributed by atoms with van der Waals surface area (Å²) in [6, 6.07) is 5.95. The molecule has 1 unspecified atom stereocenters. The summed E-state index contributed by atoms with van der Waals surface area (Å²) in [5, 5.41) is 3.19. The molecule has 0 aliphatic rings. The lowest BCUT2D eigenvalue weighted by atomic mass is 9.99. The highest BCUT2D eigenvalue weighted by molar-refractivity contribution is 7.80. The number of nitrogens with one attached hydrogen (secondary N) is 1. The Labute approximate surface area is 103 Å². The summed E-state index contributed by atoms with van der Waals surface area (Å²) < 4.78 is 0. The summed E-state index contributed by atoms with van der Waals surface area (Å²) in [5.41, 5.74) is 1.05. The van der Waals surface area contributed by atoms with Crippen LogP contribution in [0.3, 0.4) is 0 Å². The van der Waals surface area contributed by atoms with Gasteiger partial charge in [0.15, 0.2) is 0 Å². The first kappa shape index (κ1) is 12.8. The van der Waals surface area contributed by atoms with Crippen molar-refractivity contribution in [3.63, 3.8) is 0 Å². The van der Waals surface area contributed by atoms with Crippen molar-refractivity contribution in [3.05, 3.63) is 42.7 Å². The standard InChI is InChI=1S/C13H18N2S/c1-3-7-11(13(16)15-9-4-2)12-8-5-6-10-14-12/h4-6,8,10-11H,2-3,7,9H2,1H3,(H,15,16).